The van der Waals surface area contributed by atoms with Crippen molar-refractivity contribution >= 4 is 11.9 Å². The highest BCUT2D eigenvalue weighted by Gasteiger charge is 2.27. The van der Waals surface area contributed by atoms with Gasteiger partial charge in [0, 0.05) is 18.1 Å². The largest absolute Gasteiger partial charge is 0.466 e. The average molecular weight is 296 g/mol. The third-order valence-electron chi connectivity index (χ3n) is 3.03. The number of ether oxygens (including phenoxy) is 1. The Morgan fingerprint density at radius 1 is 1.52 bits per heavy atom. The molecule has 0 saturated heterocycles. The molecule has 0 aromatic carbocycles. The minimum Gasteiger partial charge on any atom is -0.466 e. The maximum absolute atomic E-state index is 11.9. The lowest BCUT2D eigenvalue weighted by atomic mass is 9.94. The Balaban J connectivity index is 2.70. The number of rotatable bonds is 7. The Bertz CT molecular complexity index is 495. The van der Waals surface area contributed by atoms with Gasteiger partial charge in [-0.1, -0.05) is 25.6 Å². The van der Waals surface area contributed by atoms with Crippen LogP contribution in [0.15, 0.2) is 29.0 Å². The normalized spacial score (nSPS) is 13.6. The number of nitrogens with one attached hydrogen (secondary N) is 1. The van der Waals surface area contributed by atoms with Crippen LogP contribution in [0.3, 0.4) is 0 Å². The highest BCUT2D eigenvalue weighted by Crippen LogP contribution is 2.15. The molecule has 7 nitrogen and oxygen atoms in total. The van der Waals surface area contributed by atoms with Crippen LogP contribution >= 0.6 is 0 Å². The molecule has 2 N–H and O–H groups in total. The Hall–Kier alpha value is -2.15. The predicted molar refractivity (Wildman–Crippen MR) is 74.4 cm³/mol. The van der Waals surface area contributed by atoms with E-state index < -0.39 is 24.0 Å². The summed E-state index contributed by atoms with van der Waals surface area (Å²) < 4.78 is 9.13. The zero-order valence-corrected chi connectivity index (χ0v) is 12.3. The number of aliphatic hydroxyl groups is 1. The molecule has 0 saturated carbocycles. The first kappa shape index (κ1) is 16.9. The van der Waals surface area contributed by atoms with Crippen molar-refractivity contribution < 1.29 is 24.0 Å². The SMILES string of the molecule is C=C(C[C@H](O)[C@@H](NC(=O)c1ccon1)C(C)C)C(=O)OC. The lowest BCUT2D eigenvalue weighted by Crippen LogP contribution is -2.47. The van der Waals surface area contributed by atoms with E-state index in [4.69, 9.17) is 0 Å². The molecule has 0 aliphatic carbocycles. The summed E-state index contributed by atoms with van der Waals surface area (Å²) in [7, 11) is 1.24. The molecule has 0 bridgehead atoms. The van der Waals surface area contributed by atoms with Crippen LogP contribution in [0.2, 0.25) is 0 Å². The molecule has 0 spiro atoms. The van der Waals surface area contributed by atoms with E-state index in [2.05, 4.69) is 26.3 Å². The van der Waals surface area contributed by atoms with Gasteiger partial charge in [0.05, 0.1) is 19.3 Å². The van der Waals surface area contributed by atoms with Crippen molar-refractivity contribution in [3.63, 3.8) is 0 Å². The topological polar surface area (TPSA) is 102 Å². The van der Waals surface area contributed by atoms with Crippen molar-refractivity contribution in [2.75, 3.05) is 7.11 Å². The number of amides is 1. The molecular weight excluding hydrogens is 276 g/mol. The van der Waals surface area contributed by atoms with Gasteiger partial charge in [-0.3, -0.25) is 4.79 Å². The second-order valence-corrected chi connectivity index (χ2v) is 4.99. The number of nitrogens with zero attached hydrogens (tertiary/aromatic N) is 1. The standard InChI is InChI=1S/C14H20N2O5/c1-8(2)12(11(17)7-9(3)14(19)20-4)15-13(18)10-5-6-21-16-10/h5-6,8,11-12,17H,3,7H2,1-2,4H3,(H,15,18)/t11-,12-/m0/s1. The van der Waals surface area contributed by atoms with Gasteiger partial charge in [0.25, 0.3) is 5.91 Å². The number of aliphatic hydroxyl groups excluding tert-OH is 1. The molecule has 1 aromatic rings. The van der Waals surface area contributed by atoms with E-state index in [1.54, 1.807) is 0 Å². The molecule has 2 atom stereocenters. The van der Waals surface area contributed by atoms with Crippen LogP contribution in [0.4, 0.5) is 0 Å². The number of carbonyl (C=O) groups excluding carboxylic acids is 2. The molecular formula is C14H20N2O5. The molecule has 0 radical (unpaired) electrons. The Morgan fingerprint density at radius 3 is 2.67 bits per heavy atom. The molecule has 7 heteroatoms. The van der Waals surface area contributed by atoms with Crippen LogP contribution in [0.5, 0.6) is 0 Å². The minimum absolute atomic E-state index is 0.00855. The number of esters is 1. The zero-order chi connectivity index (χ0) is 16.0. The maximum Gasteiger partial charge on any atom is 0.333 e. The first-order valence-electron chi connectivity index (χ1n) is 6.52. The van der Waals surface area contributed by atoms with Crippen molar-refractivity contribution in [3.8, 4) is 0 Å². The van der Waals surface area contributed by atoms with Gasteiger partial charge in [0.1, 0.15) is 6.26 Å². The van der Waals surface area contributed by atoms with Gasteiger partial charge in [-0.05, 0) is 5.92 Å². The predicted octanol–water partition coefficient (Wildman–Crippen LogP) is 0.909. The number of methoxy groups -OCH3 is 1. The molecule has 0 aliphatic rings. The summed E-state index contributed by atoms with van der Waals surface area (Å²) in [5, 5.41) is 16.4. The second-order valence-electron chi connectivity index (χ2n) is 4.99. The fourth-order valence-corrected chi connectivity index (χ4v) is 1.87. The van der Waals surface area contributed by atoms with Crippen LogP contribution in [0, 0.1) is 5.92 Å². The van der Waals surface area contributed by atoms with E-state index in [-0.39, 0.29) is 23.6 Å². The van der Waals surface area contributed by atoms with E-state index in [1.165, 1.54) is 19.4 Å². The summed E-state index contributed by atoms with van der Waals surface area (Å²) in [6, 6.07) is 0.863. The average Bonchev–Trinajstić information content (AvgIpc) is 2.96. The van der Waals surface area contributed by atoms with Crippen LogP contribution in [-0.2, 0) is 9.53 Å². The smallest absolute Gasteiger partial charge is 0.333 e. The summed E-state index contributed by atoms with van der Waals surface area (Å²) in [5.74, 6) is -1.09. The molecule has 0 unspecified atom stereocenters. The minimum atomic E-state index is -0.965. The summed E-state index contributed by atoms with van der Waals surface area (Å²) in [6.45, 7) is 7.25. The first-order chi connectivity index (χ1) is 9.86. The number of hydrogen-bond acceptors (Lipinski definition) is 6. The zero-order valence-electron chi connectivity index (χ0n) is 12.3. The van der Waals surface area contributed by atoms with Crippen LogP contribution in [-0.4, -0.2) is 41.4 Å². The molecule has 1 rings (SSSR count). The number of hydrogen-bond donors (Lipinski definition) is 2. The molecule has 1 amide bonds. The molecule has 1 heterocycles. The van der Waals surface area contributed by atoms with Crippen molar-refractivity contribution in [1.29, 1.82) is 0 Å². The molecule has 1 aromatic heterocycles. The van der Waals surface area contributed by atoms with Gasteiger partial charge in [-0.15, -0.1) is 0 Å². The second kappa shape index (κ2) is 7.58. The fraction of sp³-hybridized carbons (Fsp3) is 0.500. The number of carbonyl (C=O) groups is 2. The van der Waals surface area contributed by atoms with Crippen molar-refractivity contribution in [3.05, 3.63) is 30.2 Å². The first-order valence-corrected chi connectivity index (χ1v) is 6.52. The van der Waals surface area contributed by atoms with Crippen LogP contribution < -0.4 is 5.32 Å². The van der Waals surface area contributed by atoms with Gasteiger partial charge >= 0.3 is 5.97 Å². The highest BCUT2D eigenvalue weighted by molar-refractivity contribution is 5.92. The summed E-state index contributed by atoms with van der Waals surface area (Å²) in [4.78, 5) is 23.2. The molecule has 21 heavy (non-hydrogen) atoms. The van der Waals surface area contributed by atoms with Crippen molar-refractivity contribution in [2.24, 2.45) is 5.92 Å². The van der Waals surface area contributed by atoms with E-state index >= 15 is 0 Å². The molecule has 0 fully saturated rings. The van der Waals surface area contributed by atoms with Gasteiger partial charge in [-0.2, -0.15) is 0 Å². The lowest BCUT2D eigenvalue weighted by Gasteiger charge is -2.27. The molecule has 0 aliphatic heterocycles. The van der Waals surface area contributed by atoms with Crippen LogP contribution in [0.1, 0.15) is 30.8 Å². The lowest BCUT2D eigenvalue weighted by molar-refractivity contribution is -0.136. The number of aromatic nitrogens is 1. The highest BCUT2D eigenvalue weighted by atomic mass is 16.5. The summed E-state index contributed by atoms with van der Waals surface area (Å²) >= 11 is 0. The summed E-state index contributed by atoms with van der Waals surface area (Å²) in [5.41, 5.74) is 0.269. The summed E-state index contributed by atoms with van der Waals surface area (Å²) in [6.07, 6.45) is 0.330. The van der Waals surface area contributed by atoms with Crippen LogP contribution in [0.25, 0.3) is 0 Å². The maximum atomic E-state index is 11.9. The van der Waals surface area contributed by atoms with E-state index in [9.17, 15) is 14.7 Å². The Morgan fingerprint density at radius 2 is 2.19 bits per heavy atom. The van der Waals surface area contributed by atoms with Crippen molar-refractivity contribution in [1.82, 2.24) is 10.5 Å². The van der Waals surface area contributed by atoms with E-state index in [0.717, 1.165) is 0 Å². The van der Waals surface area contributed by atoms with Gasteiger partial charge in [-0.25, -0.2) is 4.79 Å². The van der Waals surface area contributed by atoms with Gasteiger partial charge in [0.2, 0.25) is 0 Å². The fourth-order valence-electron chi connectivity index (χ4n) is 1.87. The van der Waals surface area contributed by atoms with Gasteiger partial charge in [0.15, 0.2) is 5.69 Å². The Labute approximate surface area is 123 Å². The monoisotopic (exact) mass is 296 g/mol. The van der Waals surface area contributed by atoms with Crippen molar-refractivity contribution in [2.45, 2.75) is 32.4 Å². The molecule has 116 valence electrons. The quantitative estimate of drug-likeness (QED) is 0.573. The van der Waals surface area contributed by atoms with Gasteiger partial charge < -0.3 is 19.7 Å². The van der Waals surface area contributed by atoms with E-state index in [1.807, 2.05) is 13.8 Å². The third-order valence-corrected chi connectivity index (χ3v) is 3.03. The Kier molecular flexibility index (Phi) is 6.10. The third kappa shape index (κ3) is 4.71. The van der Waals surface area contributed by atoms with E-state index in [0.29, 0.717) is 0 Å².